The number of hydrogen-bond donors (Lipinski definition) is 1. The van der Waals surface area contributed by atoms with E-state index in [1.165, 1.54) is 11.2 Å². The molecule has 0 aliphatic carbocycles. The van der Waals surface area contributed by atoms with Gasteiger partial charge in [0.15, 0.2) is 10.9 Å². The number of aromatic nitrogens is 3. The molecule has 6 nitrogen and oxygen atoms in total. The van der Waals surface area contributed by atoms with E-state index in [1.54, 1.807) is 11.3 Å². The van der Waals surface area contributed by atoms with Gasteiger partial charge in [0, 0.05) is 37.3 Å². The second-order valence-corrected chi connectivity index (χ2v) is 6.30. The third kappa shape index (κ3) is 2.89. The van der Waals surface area contributed by atoms with Crippen molar-refractivity contribution in [3.63, 3.8) is 0 Å². The fourth-order valence-corrected chi connectivity index (χ4v) is 3.43. The van der Waals surface area contributed by atoms with Crippen LogP contribution in [0.15, 0.2) is 12.5 Å². The molecule has 0 radical (unpaired) electrons. The van der Waals surface area contributed by atoms with Crippen LogP contribution in [-0.4, -0.2) is 41.1 Å². The smallest absolute Gasteiger partial charge is 0.185 e. The van der Waals surface area contributed by atoms with E-state index in [0.29, 0.717) is 10.8 Å². The van der Waals surface area contributed by atoms with Gasteiger partial charge in [0.2, 0.25) is 0 Å². The van der Waals surface area contributed by atoms with Gasteiger partial charge in [-0.05, 0) is 6.42 Å². The number of anilines is 3. The van der Waals surface area contributed by atoms with Gasteiger partial charge in [0.1, 0.15) is 17.2 Å². The van der Waals surface area contributed by atoms with E-state index >= 15 is 0 Å². The van der Waals surface area contributed by atoms with Crippen molar-refractivity contribution >= 4 is 39.7 Å². The molecule has 0 atom stereocenters. The van der Waals surface area contributed by atoms with E-state index in [4.69, 9.17) is 17.3 Å². The molecule has 0 amide bonds. The first-order chi connectivity index (χ1) is 10.2. The van der Waals surface area contributed by atoms with Crippen LogP contribution in [0.2, 0.25) is 5.02 Å². The van der Waals surface area contributed by atoms with Crippen LogP contribution in [0.1, 0.15) is 11.8 Å². The number of thiazole rings is 1. The Morgan fingerprint density at radius 3 is 2.57 bits per heavy atom. The molecule has 2 N–H and O–H groups in total. The zero-order chi connectivity index (χ0) is 14.8. The molecule has 1 aliphatic heterocycles. The van der Waals surface area contributed by atoms with Crippen molar-refractivity contribution in [2.45, 2.75) is 13.3 Å². The summed E-state index contributed by atoms with van der Waals surface area (Å²) in [6.07, 6.45) is 4.46. The Bertz CT molecular complexity index is 623. The average molecular weight is 325 g/mol. The number of nitrogens with zero attached hydrogens (tertiary/aromatic N) is 5. The second kappa shape index (κ2) is 6.03. The highest BCUT2D eigenvalue weighted by atomic mass is 35.5. The summed E-state index contributed by atoms with van der Waals surface area (Å²) in [5.41, 5.74) is 5.74. The summed E-state index contributed by atoms with van der Waals surface area (Å²) in [7, 11) is 0. The highest BCUT2D eigenvalue weighted by molar-refractivity contribution is 7.15. The summed E-state index contributed by atoms with van der Waals surface area (Å²) in [4.78, 5) is 18.4. The van der Waals surface area contributed by atoms with Crippen LogP contribution in [0.3, 0.4) is 0 Å². The summed E-state index contributed by atoms with van der Waals surface area (Å²) < 4.78 is 0. The van der Waals surface area contributed by atoms with Gasteiger partial charge in [-0.3, -0.25) is 0 Å². The minimum atomic E-state index is 0.330. The molecule has 0 unspecified atom stereocenters. The van der Waals surface area contributed by atoms with Crippen molar-refractivity contribution < 1.29 is 0 Å². The normalized spacial score (nSPS) is 15.5. The molecule has 21 heavy (non-hydrogen) atoms. The molecule has 0 spiro atoms. The monoisotopic (exact) mass is 324 g/mol. The summed E-state index contributed by atoms with van der Waals surface area (Å²) in [5.74, 6) is 1.05. The van der Waals surface area contributed by atoms with Gasteiger partial charge in [0.25, 0.3) is 0 Å². The third-order valence-electron chi connectivity index (χ3n) is 3.54. The van der Waals surface area contributed by atoms with Gasteiger partial charge < -0.3 is 15.5 Å². The van der Waals surface area contributed by atoms with E-state index in [9.17, 15) is 0 Å². The zero-order valence-electron chi connectivity index (χ0n) is 11.8. The molecular formula is C13H17ClN6S. The average Bonchev–Trinajstić information content (AvgIpc) is 2.99. The molecule has 0 saturated carbocycles. The lowest BCUT2D eigenvalue weighted by atomic mass is 10.3. The largest absolute Gasteiger partial charge is 0.382 e. The predicted molar refractivity (Wildman–Crippen MR) is 87.4 cm³/mol. The minimum absolute atomic E-state index is 0.330. The molecule has 3 heterocycles. The summed E-state index contributed by atoms with van der Waals surface area (Å²) >= 11 is 7.95. The van der Waals surface area contributed by atoms with Crippen molar-refractivity contribution in [3.8, 4) is 0 Å². The maximum atomic E-state index is 6.19. The van der Waals surface area contributed by atoms with Crippen molar-refractivity contribution in [1.29, 1.82) is 0 Å². The number of nitrogens with two attached hydrogens (primary N) is 1. The molecule has 1 saturated heterocycles. The standard InChI is InChI=1S/C13H17ClN6S/c1-2-9-7-16-13(21-9)20-5-3-19(4-6-20)12-10(14)11(15)17-8-18-12/h7-8H,2-6H2,1H3,(H2,15,17,18). The molecule has 1 aliphatic rings. The molecular weight excluding hydrogens is 308 g/mol. The van der Waals surface area contributed by atoms with E-state index in [1.807, 2.05) is 6.20 Å². The van der Waals surface area contributed by atoms with Crippen molar-refractivity contribution in [1.82, 2.24) is 15.0 Å². The molecule has 2 aromatic rings. The number of aryl methyl sites for hydroxylation is 1. The Balaban J connectivity index is 1.68. The lowest BCUT2D eigenvalue weighted by Crippen LogP contribution is -2.47. The molecule has 0 bridgehead atoms. The van der Waals surface area contributed by atoms with Crippen LogP contribution in [0.4, 0.5) is 16.8 Å². The van der Waals surface area contributed by atoms with Crippen LogP contribution in [0.25, 0.3) is 0 Å². The van der Waals surface area contributed by atoms with E-state index in [0.717, 1.165) is 43.5 Å². The first-order valence-corrected chi connectivity index (χ1v) is 8.09. The van der Waals surface area contributed by atoms with Crippen LogP contribution in [-0.2, 0) is 6.42 Å². The van der Waals surface area contributed by atoms with Gasteiger partial charge in [-0.2, -0.15) is 0 Å². The first kappa shape index (κ1) is 14.3. The van der Waals surface area contributed by atoms with Crippen LogP contribution in [0.5, 0.6) is 0 Å². The van der Waals surface area contributed by atoms with Gasteiger partial charge in [-0.15, -0.1) is 11.3 Å². The first-order valence-electron chi connectivity index (χ1n) is 6.89. The predicted octanol–water partition coefficient (Wildman–Crippen LogP) is 2.06. The molecule has 112 valence electrons. The number of piperazine rings is 1. The van der Waals surface area contributed by atoms with Crippen molar-refractivity contribution in [3.05, 3.63) is 22.4 Å². The summed E-state index contributed by atoms with van der Waals surface area (Å²) in [6, 6.07) is 0. The Kier molecular flexibility index (Phi) is 4.12. The number of nitrogen functional groups attached to an aromatic ring is 1. The second-order valence-electron chi connectivity index (χ2n) is 4.83. The topological polar surface area (TPSA) is 71.2 Å². The van der Waals surface area contributed by atoms with Crippen molar-refractivity contribution in [2.75, 3.05) is 41.7 Å². The summed E-state index contributed by atoms with van der Waals surface area (Å²) in [5, 5.41) is 1.54. The third-order valence-corrected chi connectivity index (χ3v) is 5.10. The highest BCUT2D eigenvalue weighted by Gasteiger charge is 2.22. The maximum absolute atomic E-state index is 6.19. The van der Waals surface area contributed by atoms with Crippen LogP contribution < -0.4 is 15.5 Å². The lowest BCUT2D eigenvalue weighted by Gasteiger charge is -2.35. The fraction of sp³-hybridized carbons (Fsp3) is 0.462. The number of rotatable bonds is 3. The number of hydrogen-bond acceptors (Lipinski definition) is 7. The molecule has 1 fully saturated rings. The SMILES string of the molecule is CCc1cnc(N2CCN(c3ncnc(N)c3Cl)CC2)s1. The van der Waals surface area contributed by atoms with E-state index in [-0.39, 0.29) is 0 Å². The maximum Gasteiger partial charge on any atom is 0.185 e. The van der Waals surface area contributed by atoms with Crippen molar-refractivity contribution in [2.24, 2.45) is 0 Å². The Morgan fingerprint density at radius 2 is 1.90 bits per heavy atom. The Morgan fingerprint density at radius 1 is 1.19 bits per heavy atom. The van der Waals surface area contributed by atoms with Crippen LogP contribution in [0, 0.1) is 0 Å². The Labute approximate surface area is 132 Å². The van der Waals surface area contributed by atoms with E-state index in [2.05, 4.69) is 31.7 Å². The van der Waals surface area contributed by atoms with Crippen LogP contribution >= 0.6 is 22.9 Å². The summed E-state index contributed by atoms with van der Waals surface area (Å²) in [6.45, 7) is 5.64. The van der Waals surface area contributed by atoms with Gasteiger partial charge >= 0.3 is 0 Å². The molecule has 2 aromatic heterocycles. The number of halogens is 1. The minimum Gasteiger partial charge on any atom is -0.382 e. The van der Waals surface area contributed by atoms with E-state index < -0.39 is 0 Å². The zero-order valence-corrected chi connectivity index (χ0v) is 13.4. The molecule has 3 rings (SSSR count). The van der Waals surface area contributed by atoms with Gasteiger partial charge in [-0.1, -0.05) is 18.5 Å². The Hall–Kier alpha value is -1.60. The highest BCUT2D eigenvalue weighted by Crippen LogP contribution is 2.29. The fourth-order valence-electron chi connectivity index (χ4n) is 2.31. The molecule has 0 aromatic carbocycles. The van der Waals surface area contributed by atoms with Gasteiger partial charge in [-0.25, -0.2) is 15.0 Å². The van der Waals surface area contributed by atoms with Gasteiger partial charge in [0.05, 0.1) is 0 Å². The molecule has 8 heteroatoms. The quantitative estimate of drug-likeness (QED) is 0.931. The lowest BCUT2D eigenvalue weighted by molar-refractivity contribution is 0.645.